The maximum atomic E-state index is 13.1. The number of hydrogen-bond acceptors (Lipinski definition) is 4. The number of terminal acetylenes is 1. The van der Waals surface area contributed by atoms with E-state index in [1.807, 2.05) is 29.7 Å². The average Bonchev–Trinajstić information content (AvgIpc) is 3.09. The molecular weight excluding hydrogens is 454 g/mol. The van der Waals surface area contributed by atoms with Crippen LogP contribution in [0.25, 0.3) is 10.2 Å². The molecule has 3 aromatic rings. The molecule has 2 unspecified atom stereocenters. The highest BCUT2D eigenvalue weighted by molar-refractivity contribution is 7.89. The lowest BCUT2D eigenvalue weighted by atomic mass is 9.94. The van der Waals surface area contributed by atoms with Gasteiger partial charge in [0.1, 0.15) is 0 Å². The van der Waals surface area contributed by atoms with Crippen LogP contribution < -0.4 is 4.80 Å². The molecule has 0 spiro atoms. The van der Waals surface area contributed by atoms with E-state index in [2.05, 4.69) is 24.8 Å². The van der Waals surface area contributed by atoms with Crippen molar-refractivity contribution in [3.63, 3.8) is 0 Å². The van der Waals surface area contributed by atoms with Crippen LogP contribution in [0, 0.1) is 31.1 Å². The first-order chi connectivity index (χ1) is 15.7. The second-order valence-corrected chi connectivity index (χ2v) is 11.8. The van der Waals surface area contributed by atoms with Gasteiger partial charge in [0.2, 0.25) is 10.0 Å². The van der Waals surface area contributed by atoms with E-state index in [-0.39, 0.29) is 4.90 Å². The van der Waals surface area contributed by atoms with Gasteiger partial charge in [0.05, 0.1) is 21.7 Å². The molecule has 6 nitrogen and oxygen atoms in total. The number of carbonyl (C=O) groups is 1. The third-order valence-corrected chi connectivity index (χ3v) is 8.75. The summed E-state index contributed by atoms with van der Waals surface area (Å²) >= 11 is 1.40. The number of benzene rings is 2. The number of rotatable bonds is 4. The summed E-state index contributed by atoms with van der Waals surface area (Å²) < 4.78 is 30.6. The normalized spacial score (nSPS) is 20.1. The minimum atomic E-state index is -3.60. The monoisotopic (exact) mass is 481 g/mol. The molecule has 8 heteroatoms. The number of piperidine rings is 1. The number of nitrogens with zero attached hydrogens (tertiary/aromatic N) is 3. The van der Waals surface area contributed by atoms with Crippen LogP contribution >= 0.6 is 11.3 Å². The Balaban J connectivity index is 1.64. The number of fused-ring (bicyclic) bond motifs is 1. The lowest BCUT2D eigenvalue weighted by Crippen LogP contribution is -2.42. The molecule has 0 saturated carbocycles. The Hall–Kier alpha value is -2.73. The number of amides is 1. The first-order valence-electron chi connectivity index (χ1n) is 10.9. The van der Waals surface area contributed by atoms with E-state index in [0.29, 0.717) is 41.8 Å². The molecule has 1 fully saturated rings. The first-order valence-corrected chi connectivity index (χ1v) is 13.2. The zero-order valence-corrected chi connectivity index (χ0v) is 20.6. The van der Waals surface area contributed by atoms with E-state index in [0.717, 1.165) is 22.2 Å². The van der Waals surface area contributed by atoms with Crippen LogP contribution in [0.15, 0.2) is 52.4 Å². The molecule has 1 amide bonds. The fourth-order valence-electron chi connectivity index (χ4n) is 4.38. The molecule has 0 radical (unpaired) electrons. The summed E-state index contributed by atoms with van der Waals surface area (Å²) in [5, 5.41) is 0. The number of thiazole rings is 1. The van der Waals surface area contributed by atoms with Crippen molar-refractivity contribution < 1.29 is 13.2 Å². The highest BCUT2D eigenvalue weighted by Gasteiger charge is 2.31. The van der Waals surface area contributed by atoms with Gasteiger partial charge in [-0.15, -0.1) is 6.42 Å². The summed E-state index contributed by atoms with van der Waals surface area (Å²) in [4.78, 5) is 17.9. The van der Waals surface area contributed by atoms with Crippen LogP contribution in [0.1, 0.15) is 36.2 Å². The summed E-state index contributed by atoms with van der Waals surface area (Å²) in [6.45, 7) is 7.49. The Labute approximate surface area is 198 Å². The van der Waals surface area contributed by atoms with Crippen molar-refractivity contribution in [3.05, 3.63) is 58.4 Å². The minimum Gasteiger partial charge on any atom is -0.305 e. The van der Waals surface area contributed by atoms with E-state index >= 15 is 0 Å². The van der Waals surface area contributed by atoms with Gasteiger partial charge in [-0.1, -0.05) is 37.2 Å². The summed E-state index contributed by atoms with van der Waals surface area (Å²) in [7, 11) is -3.60. The van der Waals surface area contributed by atoms with E-state index in [4.69, 9.17) is 6.42 Å². The summed E-state index contributed by atoms with van der Waals surface area (Å²) in [5.74, 6) is 2.83. The molecule has 2 atom stereocenters. The van der Waals surface area contributed by atoms with Crippen molar-refractivity contribution in [2.24, 2.45) is 16.8 Å². The summed E-state index contributed by atoms with van der Waals surface area (Å²) in [6, 6.07) is 12.0. The number of aromatic nitrogens is 1. The van der Waals surface area contributed by atoms with Crippen molar-refractivity contribution in [2.75, 3.05) is 13.1 Å². The molecule has 0 aliphatic carbocycles. The molecule has 2 heterocycles. The van der Waals surface area contributed by atoms with Crippen LogP contribution in [0.5, 0.6) is 0 Å². The largest absolute Gasteiger partial charge is 0.305 e. The van der Waals surface area contributed by atoms with E-state index in [1.54, 1.807) is 4.31 Å². The molecule has 1 aliphatic heterocycles. The smallest absolute Gasteiger partial charge is 0.279 e. The summed E-state index contributed by atoms with van der Waals surface area (Å²) in [5.41, 5.74) is 2.38. The predicted molar refractivity (Wildman–Crippen MR) is 131 cm³/mol. The average molecular weight is 482 g/mol. The van der Waals surface area contributed by atoms with Crippen LogP contribution in [-0.2, 0) is 16.6 Å². The first kappa shape index (κ1) is 23.4. The Morgan fingerprint density at radius 1 is 1.15 bits per heavy atom. The van der Waals surface area contributed by atoms with E-state index < -0.39 is 15.9 Å². The molecule has 1 saturated heterocycles. The summed E-state index contributed by atoms with van der Waals surface area (Å²) in [6.07, 6.45) is 6.56. The number of carbonyl (C=O) groups excluding carboxylic acids is 1. The molecule has 2 aromatic carbocycles. The van der Waals surface area contributed by atoms with Gasteiger partial charge >= 0.3 is 0 Å². The van der Waals surface area contributed by atoms with Gasteiger partial charge in [-0.25, -0.2) is 8.42 Å². The minimum absolute atomic E-state index is 0.195. The van der Waals surface area contributed by atoms with Gasteiger partial charge in [0, 0.05) is 18.7 Å². The number of aryl methyl sites for hydroxylation is 1. The van der Waals surface area contributed by atoms with Gasteiger partial charge in [-0.2, -0.15) is 9.30 Å². The molecule has 1 aromatic heterocycles. The van der Waals surface area contributed by atoms with Gasteiger partial charge in [0.15, 0.2) is 4.80 Å². The third kappa shape index (κ3) is 4.81. The van der Waals surface area contributed by atoms with Crippen molar-refractivity contribution in [3.8, 4) is 12.3 Å². The van der Waals surface area contributed by atoms with E-state index in [9.17, 15) is 13.2 Å². The Morgan fingerprint density at radius 3 is 2.45 bits per heavy atom. The van der Waals surface area contributed by atoms with Crippen molar-refractivity contribution in [1.82, 2.24) is 8.87 Å². The quantitative estimate of drug-likeness (QED) is 0.528. The van der Waals surface area contributed by atoms with Crippen molar-refractivity contribution in [2.45, 2.75) is 38.6 Å². The highest BCUT2D eigenvalue weighted by Crippen LogP contribution is 2.27. The molecular formula is C25H27N3O3S2. The maximum absolute atomic E-state index is 13.1. The predicted octanol–water partition coefficient (Wildman–Crippen LogP) is 4.05. The molecule has 172 valence electrons. The SMILES string of the molecule is C#CCn1c(=NC(=O)c2ccc(S(=O)(=O)N3CC(C)CC(C)C3)cc2)sc2cc(C)ccc21. The molecule has 33 heavy (non-hydrogen) atoms. The molecule has 0 N–H and O–H groups in total. The van der Waals surface area contributed by atoms with Crippen LogP contribution in [0.2, 0.25) is 0 Å². The van der Waals surface area contributed by atoms with E-state index in [1.165, 1.54) is 35.6 Å². The Kier molecular flexibility index (Phi) is 6.57. The molecule has 1 aliphatic rings. The fraction of sp³-hybridized carbons (Fsp3) is 0.360. The van der Waals surface area contributed by atoms with Gasteiger partial charge in [0.25, 0.3) is 5.91 Å². The number of hydrogen-bond donors (Lipinski definition) is 0. The van der Waals surface area contributed by atoms with Gasteiger partial charge in [-0.3, -0.25) is 4.79 Å². The lowest BCUT2D eigenvalue weighted by Gasteiger charge is -2.34. The molecule has 4 rings (SSSR count). The Bertz CT molecular complexity index is 1400. The third-order valence-electron chi connectivity index (χ3n) is 5.86. The fourth-order valence-corrected chi connectivity index (χ4v) is 7.19. The van der Waals surface area contributed by atoms with Crippen LogP contribution in [0.3, 0.4) is 0 Å². The second-order valence-electron chi connectivity index (χ2n) is 8.86. The van der Waals surface area contributed by atoms with Gasteiger partial charge < -0.3 is 4.57 Å². The zero-order valence-electron chi connectivity index (χ0n) is 19.0. The van der Waals surface area contributed by atoms with Gasteiger partial charge in [-0.05, 0) is 67.1 Å². The second kappa shape index (κ2) is 9.26. The number of sulfonamides is 1. The van der Waals surface area contributed by atoms with Crippen molar-refractivity contribution >= 4 is 37.5 Å². The molecule has 0 bridgehead atoms. The topological polar surface area (TPSA) is 71.7 Å². The standard InChI is InChI=1S/C25H27N3O3S2/c1-5-12-28-22-11-6-17(2)14-23(22)32-25(28)26-24(29)20-7-9-21(10-8-20)33(30,31)27-15-18(3)13-19(4)16-27/h1,6-11,14,18-19H,12-13,15-16H2,2-4H3. The Morgan fingerprint density at radius 2 is 1.82 bits per heavy atom. The highest BCUT2D eigenvalue weighted by atomic mass is 32.2. The van der Waals surface area contributed by atoms with Crippen molar-refractivity contribution in [1.29, 1.82) is 0 Å². The van der Waals surface area contributed by atoms with Crippen LogP contribution in [0.4, 0.5) is 0 Å². The maximum Gasteiger partial charge on any atom is 0.279 e. The van der Waals surface area contributed by atoms with Crippen LogP contribution in [-0.4, -0.2) is 36.3 Å². The lowest BCUT2D eigenvalue weighted by molar-refractivity contribution is 0.0998. The zero-order chi connectivity index (χ0) is 23.8.